The Hall–Kier alpha value is -4.55. The van der Waals surface area contributed by atoms with E-state index in [1.807, 2.05) is 6.08 Å². The highest BCUT2D eigenvalue weighted by Gasteiger charge is 2.62. The number of benzene rings is 3. The lowest BCUT2D eigenvalue weighted by atomic mass is 9.57. The second-order valence-electron chi connectivity index (χ2n) is 12.0. The van der Waals surface area contributed by atoms with Crippen molar-refractivity contribution in [3.8, 4) is 5.75 Å². The maximum absolute atomic E-state index is 14.2. The third-order valence-electron chi connectivity index (χ3n) is 9.77. The molecule has 2 heterocycles. The van der Waals surface area contributed by atoms with E-state index in [0.29, 0.717) is 11.1 Å². The number of phenolic OH excluding ortho intramolecular Hbond substituents is 1. The number of imide groups is 2. The number of para-hydroxylation sites is 1. The molecule has 1 saturated carbocycles. The third kappa shape index (κ3) is 4.45. The van der Waals surface area contributed by atoms with Crippen LogP contribution in [0.5, 0.6) is 5.75 Å². The molecule has 3 fully saturated rings. The molecule has 4 amide bonds. The number of amides is 4. The van der Waals surface area contributed by atoms with Crippen LogP contribution >= 0.6 is 0 Å². The van der Waals surface area contributed by atoms with Crippen LogP contribution in [0.3, 0.4) is 0 Å². The molecule has 3 aromatic carbocycles. The van der Waals surface area contributed by atoms with Gasteiger partial charge >= 0.3 is 14.2 Å². The molecule has 13 heteroatoms. The number of phenols is 1. The zero-order chi connectivity index (χ0) is 31.7. The van der Waals surface area contributed by atoms with Gasteiger partial charge in [0.25, 0.3) is 0 Å². The second kappa shape index (κ2) is 10.8. The predicted molar refractivity (Wildman–Crippen MR) is 163 cm³/mol. The Bertz CT molecular complexity index is 1790. The van der Waals surface area contributed by atoms with E-state index in [-0.39, 0.29) is 40.9 Å². The van der Waals surface area contributed by atoms with Crippen molar-refractivity contribution in [3.63, 3.8) is 0 Å². The average molecular weight is 606 g/mol. The summed E-state index contributed by atoms with van der Waals surface area (Å²) >= 11 is 0. The van der Waals surface area contributed by atoms with Crippen LogP contribution in [0, 0.1) is 29.6 Å². The summed E-state index contributed by atoms with van der Waals surface area (Å²) in [6.07, 6.45) is 2.20. The summed E-state index contributed by atoms with van der Waals surface area (Å²) in [6.45, 7) is 0. The fraction of sp³-hybridized carbons (Fsp3) is 0.250. The lowest BCUT2D eigenvalue weighted by Gasteiger charge is -2.44. The van der Waals surface area contributed by atoms with E-state index < -0.39 is 73.4 Å². The van der Waals surface area contributed by atoms with Crippen LogP contribution in [-0.2, 0) is 19.2 Å². The molecule has 0 aromatic heterocycles. The number of hydrogen-bond donors (Lipinski definition) is 5. The quantitative estimate of drug-likeness (QED) is 0.150. The lowest BCUT2D eigenvalue weighted by Crippen LogP contribution is -2.43. The Morgan fingerprint density at radius 1 is 0.622 bits per heavy atom. The third-order valence-corrected chi connectivity index (χ3v) is 9.77. The van der Waals surface area contributed by atoms with E-state index in [0.717, 1.165) is 9.80 Å². The van der Waals surface area contributed by atoms with Crippen LogP contribution in [0.2, 0.25) is 0 Å². The molecule has 0 bridgehead atoms. The Balaban J connectivity index is 1.32. The van der Waals surface area contributed by atoms with E-state index in [1.54, 1.807) is 24.3 Å². The minimum atomic E-state index is -1.81. The number of rotatable bonds is 5. The van der Waals surface area contributed by atoms with Crippen molar-refractivity contribution in [1.82, 2.24) is 0 Å². The van der Waals surface area contributed by atoms with Crippen LogP contribution in [0.1, 0.15) is 24.3 Å². The number of carbonyl (C=O) groups is 4. The normalized spacial score (nSPS) is 27.2. The van der Waals surface area contributed by atoms with Gasteiger partial charge in [-0.3, -0.25) is 29.0 Å². The molecule has 4 aliphatic rings. The van der Waals surface area contributed by atoms with E-state index in [9.17, 15) is 44.4 Å². The minimum absolute atomic E-state index is 0.0659. The zero-order valence-electron chi connectivity index (χ0n) is 23.8. The molecule has 2 saturated heterocycles. The van der Waals surface area contributed by atoms with Gasteiger partial charge in [-0.05, 0) is 60.0 Å². The molecule has 5 N–H and O–H groups in total. The van der Waals surface area contributed by atoms with Gasteiger partial charge in [0.2, 0.25) is 23.6 Å². The van der Waals surface area contributed by atoms with Crippen LogP contribution in [-0.4, -0.2) is 63.1 Å². The molecule has 45 heavy (non-hydrogen) atoms. The molecule has 11 nitrogen and oxygen atoms in total. The number of aromatic hydroxyl groups is 1. The minimum Gasteiger partial charge on any atom is -0.508 e. The van der Waals surface area contributed by atoms with Gasteiger partial charge in [-0.1, -0.05) is 54.1 Å². The van der Waals surface area contributed by atoms with Gasteiger partial charge in [-0.15, -0.1) is 0 Å². The molecular weight excluding hydrogens is 578 g/mol. The Kier molecular flexibility index (Phi) is 7.01. The highest BCUT2D eigenvalue weighted by Crippen LogP contribution is 2.59. The van der Waals surface area contributed by atoms with Crippen LogP contribution in [0.4, 0.5) is 11.4 Å². The first kappa shape index (κ1) is 29.2. The summed E-state index contributed by atoms with van der Waals surface area (Å²) in [7, 11) is -3.60. The summed E-state index contributed by atoms with van der Waals surface area (Å²) in [5, 5.41) is 49.8. The highest BCUT2D eigenvalue weighted by atomic mass is 16.4. The molecule has 3 aromatic rings. The lowest BCUT2D eigenvalue weighted by molar-refractivity contribution is -0.126. The summed E-state index contributed by atoms with van der Waals surface area (Å²) in [5.74, 6) is -6.66. The van der Waals surface area contributed by atoms with Crippen molar-refractivity contribution in [1.29, 1.82) is 0 Å². The Labute approximate surface area is 258 Å². The van der Waals surface area contributed by atoms with E-state index >= 15 is 0 Å². The first-order valence-electron chi connectivity index (χ1n) is 14.7. The molecule has 0 spiro atoms. The topological polar surface area (TPSA) is 176 Å². The zero-order valence-corrected chi connectivity index (χ0v) is 23.8. The smallest absolute Gasteiger partial charge is 0.488 e. The Morgan fingerprint density at radius 3 is 1.76 bits per heavy atom. The number of anilines is 2. The van der Waals surface area contributed by atoms with Crippen molar-refractivity contribution in [3.05, 3.63) is 90.0 Å². The maximum Gasteiger partial charge on any atom is 0.488 e. The van der Waals surface area contributed by atoms with Crippen molar-refractivity contribution in [2.75, 3.05) is 9.80 Å². The molecule has 6 atom stereocenters. The first-order valence-corrected chi connectivity index (χ1v) is 14.7. The monoisotopic (exact) mass is 606 g/mol. The van der Waals surface area contributed by atoms with E-state index in [1.165, 1.54) is 48.5 Å². The fourth-order valence-electron chi connectivity index (χ4n) is 7.85. The molecule has 0 radical (unpaired) electrons. The predicted octanol–water partition coefficient (Wildman–Crippen LogP) is -0.203. The molecule has 7 rings (SSSR count). The van der Waals surface area contributed by atoms with Gasteiger partial charge in [0, 0.05) is 11.5 Å². The molecule has 226 valence electrons. The maximum atomic E-state index is 14.2. The molecule has 2 aliphatic carbocycles. The number of hydrogen-bond acceptors (Lipinski definition) is 9. The van der Waals surface area contributed by atoms with Crippen LogP contribution in [0.15, 0.2) is 84.4 Å². The van der Waals surface area contributed by atoms with Gasteiger partial charge in [0.15, 0.2) is 0 Å². The van der Waals surface area contributed by atoms with Gasteiger partial charge in [-0.2, -0.15) is 0 Å². The average Bonchev–Trinajstić information content (AvgIpc) is 3.44. The SMILES string of the molecule is O=C1[C@H]2[C@H](CC=C3[C@H]2C[C@H]2C(=O)N(c4cccc(B(O)O)c4)C(=O)[C@H]2[C@H]3c2ccccc2O)C(=O)N1c1cccc(B(O)O)c1. The van der Waals surface area contributed by atoms with Crippen molar-refractivity contribution < 1.29 is 44.4 Å². The highest BCUT2D eigenvalue weighted by molar-refractivity contribution is 6.59. The molecule has 0 unspecified atom stereocenters. The summed E-state index contributed by atoms with van der Waals surface area (Å²) in [5.41, 5.74) is 1.76. The number of fused-ring (bicyclic) bond motifs is 4. The fourth-order valence-corrected chi connectivity index (χ4v) is 7.85. The van der Waals surface area contributed by atoms with E-state index in [2.05, 4.69) is 0 Å². The first-order chi connectivity index (χ1) is 21.6. The number of carbonyl (C=O) groups excluding carboxylic acids is 4. The standard InChI is InChI=1S/C32H28B2N2O9/c37-25-10-2-1-9-21(25)26-20-11-12-22-27(31(40)35(29(22)38)18-7-3-5-16(13-18)33(42)43)23(20)15-24-28(26)32(41)36(30(24)39)19-8-4-6-17(14-19)34(44)45/h1-11,13-14,22-24,26-28,37,42-45H,12,15H2/t22-,23+,24+,26+,27-,28+/m0/s1. The second-order valence-corrected chi connectivity index (χ2v) is 12.0. The van der Waals surface area contributed by atoms with Crippen LogP contribution < -0.4 is 20.7 Å². The number of nitrogens with zero attached hydrogens (tertiary/aromatic N) is 2. The molecular formula is C32H28B2N2O9. The van der Waals surface area contributed by atoms with Gasteiger partial charge in [-0.25, -0.2) is 0 Å². The van der Waals surface area contributed by atoms with Crippen molar-refractivity contribution in [2.24, 2.45) is 29.6 Å². The van der Waals surface area contributed by atoms with Crippen molar-refractivity contribution >= 4 is 60.2 Å². The van der Waals surface area contributed by atoms with E-state index in [4.69, 9.17) is 0 Å². The Morgan fingerprint density at radius 2 is 1.18 bits per heavy atom. The van der Waals surface area contributed by atoms with Crippen LogP contribution in [0.25, 0.3) is 0 Å². The summed E-state index contributed by atoms with van der Waals surface area (Å²) in [4.78, 5) is 58.2. The summed E-state index contributed by atoms with van der Waals surface area (Å²) in [6, 6.07) is 18.3. The molecule has 2 aliphatic heterocycles. The van der Waals surface area contributed by atoms with Gasteiger partial charge in [0.1, 0.15) is 5.75 Å². The van der Waals surface area contributed by atoms with Gasteiger partial charge < -0.3 is 25.2 Å². The van der Waals surface area contributed by atoms with Crippen molar-refractivity contribution in [2.45, 2.75) is 18.8 Å². The van der Waals surface area contributed by atoms with Gasteiger partial charge in [0.05, 0.1) is 35.0 Å². The largest absolute Gasteiger partial charge is 0.508 e. The summed E-state index contributed by atoms with van der Waals surface area (Å²) < 4.78 is 0. The number of allylic oxidation sites excluding steroid dienone is 2.